The van der Waals surface area contributed by atoms with Crippen molar-refractivity contribution in [3.63, 3.8) is 0 Å². The van der Waals surface area contributed by atoms with E-state index in [1.54, 1.807) is 0 Å². The largest absolute Gasteiger partial charge is 0.474 e. The van der Waals surface area contributed by atoms with Crippen molar-refractivity contribution in [2.75, 3.05) is 26.4 Å². The van der Waals surface area contributed by atoms with E-state index >= 15 is 0 Å². The van der Waals surface area contributed by atoms with Crippen molar-refractivity contribution < 1.29 is 27.7 Å². The molecule has 0 radical (unpaired) electrons. The summed E-state index contributed by atoms with van der Waals surface area (Å²) in [5, 5.41) is 0. The van der Waals surface area contributed by atoms with Gasteiger partial charge in [0.05, 0.1) is 19.8 Å². The summed E-state index contributed by atoms with van der Waals surface area (Å²) in [6.45, 7) is 5.70. The number of ether oxygens (including phenoxy) is 1. The highest BCUT2D eigenvalue weighted by molar-refractivity contribution is 7.48. The minimum atomic E-state index is -3.50. The molecule has 0 aromatic carbocycles. The molecule has 0 aliphatic rings. The van der Waals surface area contributed by atoms with Gasteiger partial charge in [-0.05, 0) is 12.8 Å². The van der Waals surface area contributed by atoms with Gasteiger partial charge in [-0.25, -0.2) is 4.57 Å². The Bertz CT molecular complexity index is 243. The molecule has 0 rings (SSSR count). The van der Waals surface area contributed by atoms with Gasteiger partial charge in [0.25, 0.3) is 0 Å². The molecule has 0 atom stereocenters. The van der Waals surface area contributed by atoms with Crippen molar-refractivity contribution in [1.29, 1.82) is 0 Å². The van der Waals surface area contributed by atoms with Crippen LogP contribution in [-0.2, 0) is 27.7 Å². The lowest BCUT2D eigenvalue weighted by Gasteiger charge is -2.17. The van der Waals surface area contributed by atoms with E-state index in [1.807, 2.05) is 13.8 Å². The Morgan fingerprint density at radius 3 is 1.82 bits per heavy atom. The molecule has 0 spiro atoms. The lowest BCUT2D eigenvalue weighted by Crippen LogP contribution is -2.09. The Balaban J connectivity index is 3.99. The first-order chi connectivity index (χ1) is 8.04. The minimum absolute atomic E-state index is 0.00964. The van der Waals surface area contributed by atoms with E-state index in [0.717, 1.165) is 0 Å². The van der Waals surface area contributed by atoms with Gasteiger partial charge in [-0.2, -0.15) is 0 Å². The quantitative estimate of drug-likeness (QED) is 0.344. The maximum absolute atomic E-state index is 12.0. The molecule has 17 heavy (non-hydrogen) atoms. The molecule has 0 amide bonds. The van der Waals surface area contributed by atoms with Gasteiger partial charge >= 0.3 is 13.8 Å². The van der Waals surface area contributed by atoms with Gasteiger partial charge in [0.1, 0.15) is 6.61 Å². The van der Waals surface area contributed by atoms with E-state index in [1.165, 1.54) is 6.92 Å². The van der Waals surface area contributed by atoms with Gasteiger partial charge in [0.2, 0.25) is 0 Å². The van der Waals surface area contributed by atoms with Crippen molar-refractivity contribution in [3.05, 3.63) is 0 Å². The predicted octanol–water partition coefficient (Wildman–Crippen LogP) is 2.53. The Morgan fingerprint density at radius 2 is 1.41 bits per heavy atom. The lowest BCUT2D eigenvalue weighted by atomic mass is 10.5. The molecule has 102 valence electrons. The molecule has 0 aliphatic heterocycles. The number of carbonyl (C=O) groups excluding carboxylic acids is 1. The Labute approximate surface area is 102 Å². The zero-order chi connectivity index (χ0) is 13.1. The Morgan fingerprint density at radius 1 is 0.941 bits per heavy atom. The zero-order valence-corrected chi connectivity index (χ0v) is 11.5. The zero-order valence-electron chi connectivity index (χ0n) is 10.6. The molecule has 6 nitrogen and oxygen atoms in total. The van der Waals surface area contributed by atoms with E-state index in [2.05, 4.69) is 4.74 Å². The van der Waals surface area contributed by atoms with E-state index in [4.69, 9.17) is 13.6 Å². The first-order valence-electron chi connectivity index (χ1n) is 5.71. The average Bonchev–Trinajstić information content (AvgIpc) is 2.30. The number of hydrogen-bond donors (Lipinski definition) is 0. The molecule has 0 saturated carbocycles. The number of rotatable bonds is 10. The van der Waals surface area contributed by atoms with Crippen LogP contribution in [0.4, 0.5) is 0 Å². The third-order valence-electron chi connectivity index (χ3n) is 1.55. The topological polar surface area (TPSA) is 71.1 Å². The third kappa shape index (κ3) is 9.30. The maximum Gasteiger partial charge on any atom is 0.474 e. The van der Waals surface area contributed by atoms with E-state index in [0.29, 0.717) is 26.1 Å². The van der Waals surface area contributed by atoms with Crippen LogP contribution in [0, 0.1) is 0 Å². The maximum atomic E-state index is 12.0. The van der Waals surface area contributed by atoms with Gasteiger partial charge < -0.3 is 4.74 Å². The van der Waals surface area contributed by atoms with Crippen LogP contribution < -0.4 is 0 Å². The van der Waals surface area contributed by atoms with Crippen LogP contribution in [0.1, 0.15) is 33.6 Å². The summed E-state index contributed by atoms with van der Waals surface area (Å²) in [6.07, 6.45) is 1.43. The standard InChI is InChI=1S/C10H21O6P/c1-4-6-14-17(12,15-7-5-2)16-9-8-13-10(3)11/h4-9H2,1-3H3. The molecule has 0 saturated heterocycles. The van der Waals surface area contributed by atoms with Crippen LogP contribution in [-0.4, -0.2) is 32.4 Å². The minimum Gasteiger partial charge on any atom is -0.463 e. The van der Waals surface area contributed by atoms with Crippen LogP contribution in [0.15, 0.2) is 0 Å². The van der Waals surface area contributed by atoms with Gasteiger partial charge in [-0.1, -0.05) is 13.8 Å². The van der Waals surface area contributed by atoms with Crippen LogP contribution in [0.2, 0.25) is 0 Å². The van der Waals surface area contributed by atoms with E-state index in [-0.39, 0.29) is 13.2 Å². The highest BCUT2D eigenvalue weighted by Gasteiger charge is 2.25. The van der Waals surface area contributed by atoms with E-state index < -0.39 is 13.8 Å². The van der Waals surface area contributed by atoms with Crippen LogP contribution in [0.5, 0.6) is 0 Å². The molecular weight excluding hydrogens is 247 g/mol. The summed E-state index contributed by atoms with van der Waals surface area (Å²) in [6, 6.07) is 0. The normalized spacial score (nSPS) is 11.5. The second-order valence-electron chi connectivity index (χ2n) is 3.29. The Hall–Kier alpha value is -0.420. The second-order valence-corrected chi connectivity index (χ2v) is 4.96. The van der Waals surface area contributed by atoms with Crippen LogP contribution in [0.3, 0.4) is 0 Å². The molecule has 0 aromatic rings. The third-order valence-corrected chi connectivity index (χ3v) is 3.04. The summed E-state index contributed by atoms with van der Waals surface area (Å²) >= 11 is 0. The molecule has 0 fully saturated rings. The first kappa shape index (κ1) is 16.6. The van der Waals surface area contributed by atoms with Crippen molar-refractivity contribution in [2.45, 2.75) is 33.6 Å². The summed E-state index contributed by atoms with van der Waals surface area (Å²) in [7, 11) is -3.50. The predicted molar refractivity (Wildman–Crippen MR) is 62.7 cm³/mol. The molecular formula is C10H21O6P. The van der Waals surface area contributed by atoms with Crippen LogP contribution >= 0.6 is 7.82 Å². The van der Waals surface area contributed by atoms with Gasteiger partial charge in [-0.3, -0.25) is 18.4 Å². The number of carbonyl (C=O) groups is 1. The second kappa shape index (κ2) is 9.59. The molecule has 0 unspecified atom stereocenters. The van der Waals surface area contributed by atoms with Crippen molar-refractivity contribution >= 4 is 13.8 Å². The fourth-order valence-corrected chi connectivity index (χ4v) is 2.19. The van der Waals surface area contributed by atoms with Gasteiger partial charge in [-0.15, -0.1) is 0 Å². The summed E-state index contributed by atoms with van der Waals surface area (Å²) < 4.78 is 31.8. The first-order valence-corrected chi connectivity index (χ1v) is 7.17. The number of phosphoric acid groups is 1. The Kier molecular flexibility index (Phi) is 9.36. The van der Waals surface area contributed by atoms with Crippen molar-refractivity contribution in [3.8, 4) is 0 Å². The fourth-order valence-electron chi connectivity index (χ4n) is 0.852. The van der Waals surface area contributed by atoms with Crippen molar-refractivity contribution in [2.24, 2.45) is 0 Å². The summed E-state index contributed by atoms with van der Waals surface area (Å²) in [5.74, 6) is -0.410. The smallest absolute Gasteiger partial charge is 0.463 e. The molecule has 7 heteroatoms. The SMILES string of the molecule is CCCOP(=O)(OCCC)OCCOC(C)=O. The average molecular weight is 268 g/mol. The summed E-state index contributed by atoms with van der Waals surface area (Å²) in [5.41, 5.74) is 0. The van der Waals surface area contributed by atoms with Crippen LogP contribution in [0.25, 0.3) is 0 Å². The number of esters is 1. The highest BCUT2D eigenvalue weighted by Crippen LogP contribution is 2.49. The van der Waals surface area contributed by atoms with E-state index in [9.17, 15) is 9.36 Å². The summed E-state index contributed by atoms with van der Waals surface area (Å²) in [4.78, 5) is 10.5. The molecule has 0 heterocycles. The van der Waals surface area contributed by atoms with Gasteiger partial charge in [0, 0.05) is 6.92 Å². The number of hydrogen-bond acceptors (Lipinski definition) is 6. The highest BCUT2D eigenvalue weighted by atomic mass is 31.2. The molecule has 0 N–H and O–H groups in total. The lowest BCUT2D eigenvalue weighted by molar-refractivity contribution is -0.141. The molecule has 0 aromatic heterocycles. The molecule has 0 aliphatic carbocycles. The monoisotopic (exact) mass is 268 g/mol. The van der Waals surface area contributed by atoms with Gasteiger partial charge in [0.15, 0.2) is 0 Å². The fraction of sp³-hybridized carbons (Fsp3) is 0.900. The van der Waals surface area contributed by atoms with Crippen molar-refractivity contribution in [1.82, 2.24) is 0 Å². The molecule has 0 bridgehead atoms. The number of phosphoric ester groups is 1.